The molecule has 3 atom stereocenters. The van der Waals surface area contributed by atoms with Crippen LogP contribution in [0.1, 0.15) is 62.5 Å². The summed E-state index contributed by atoms with van der Waals surface area (Å²) in [5, 5.41) is 12.6. The highest BCUT2D eigenvalue weighted by Gasteiger charge is 2.56. The van der Waals surface area contributed by atoms with Gasteiger partial charge in [0, 0.05) is 31.0 Å². The van der Waals surface area contributed by atoms with E-state index < -0.39 is 17.5 Å². The number of carbonyl (C=O) groups excluding carboxylic acids is 2. The predicted molar refractivity (Wildman–Crippen MR) is 131 cm³/mol. The number of rotatable bonds is 7. The van der Waals surface area contributed by atoms with Crippen LogP contribution in [0, 0.1) is 5.41 Å². The fourth-order valence-corrected chi connectivity index (χ4v) is 6.36. The van der Waals surface area contributed by atoms with Gasteiger partial charge in [-0.25, -0.2) is 4.79 Å². The fraction of sp³-hybridized carbons (Fsp3) is 0.464. The molecule has 0 spiro atoms. The highest BCUT2D eigenvalue weighted by atomic mass is 16.5. The monoisotopic (exact) mass is 476 g/mol. The summed E-state index contributed by atoms with van der Waals surface area (Å²) in [6.45, 7) is 2.61. The molecule has 2 aromatic carbocycles. The second-order valence-electron chi connectivity index (χ2n) is 9.99. The van der Waals surface area contributed by atoms with Gasteiger partial charge in [-0.1, -0.05) is 61.9 Å². The maximum absolute atomic E-state index is 13.1. The Morgan fingerprint density at radius 3 is 2.37 bits per heavy atom. The third-order valence-corrected chi connectivity index (χ3v) is 8.24. The quantitative estimate of drug-likeness (QED) is 0.611. The van der Waals surface area contributed by atoms with Crippen molar-refractivity contribution in [3.63, 3.8) is 0 Å². The Hall–Kier alpha value is -3.35. The van der Waals surface area contributed by atoms with E-state index in [9.17, 15) is 19.5 Å². The van der Waals surface area contributed by atoms with Gasteiger partial charge in [0.25, 0.3) is 0 Å². The number of aliphatic carboxylic acids is 1. The van der Waals surface area contributed by atoms with E-state index in [2.05, 4.69) is 29.6 Å². The van der Waals surface area contributed by atoms with Crippen molar-refractivity contribution in [1.82, 2.24) is 10.2 Å². The lowest BCUT2D eigenvalue weighted by atomic mass is 9.82. The van der Waals surface area contributed by atoms with Crippen molar-refractivity contribution in [3.8, 4) is 11.1 Å². The topological polar surface area (TPSA) is 95.9 Å². The summed E-state index contributed by atoms with van der Waals surface area (Å²) < 4.78 is 5.64. The lowest BCUT2D eigenvalue weighted by Gasteiger charge is -2.30. The molecule has 1 saturated carbocycles. The zero-order chi connectivity index (χ0) is 24.6. The molecule has 0 aromatic heterocycles. The van der Waals surface area contributed by atoms with E-state index in [0.29, 0.717) is 25.8 Å². The van der Waals surface area contributed by atoms with Crippen molar-refractivity contribution in [3.05, 3.63) is 59.7 Å². The van der Waals surface area contributed by atoms with Crippen LogP contribution in [0.4, 0.5) is 4.79 Å². The Kier molecular flexibility index (Phi) is 6.26. The Labute approximate surface area is 205 Å². The zero-order valence-corrected chi connectivity index (χ0v) is 20.0. The van der Waals surface area contributed by atoms with Crippen molar-refractivity contribution in [2.24, 2.45) is 5.41 Å². The molecule has 3 aliphatic rings. The Balaban J connectivity index is 1.19. The summed E-state index contributed by atoms with van der Waals surface area (Å²) in [7, 11) is 0. The van der Waals surface area contributed by atoms with Crippen LogP contribution in [0.2, 0.25) is 0 Å². The molecule has 0 bridgehead atoms. The molecule has 2 aliphatic carbocycles. The van der Waals surface area contributed by atoms with Crippen molar-refractivity contribution >= 4 is 18.0 Å². The van der Waals surface area contributed by atoms with Crippen LogP contribution in [-0.2, 0) is 14.3 Å². The molecule has 2 fully saturated rings. The average molecular weight is 477 g/mol. The van der Waals surface area contributed by atoms with Gasteiger partial charge in [0.05, 0.1) is 5.41 Å². The maximum Gasteiger partial charge on any atom is 0.407 e. The van der Waals surface area contributed by atoms with E-state index in [-0.39, 0.29) is 36.9 Å². The van der Waals surface area contributed by atoms with Crippen LogP contribution in [-0.4, -0.2) is 53.2 Å². The fourth-order valence-electron chi connectivity index (χ4n) is 6.36. The molecule has 184 valence electrons. The number of nitrogens with zero attached hydrogens (tertiary/aromatic N) is 1. The first kappa shape index (κ1) is 23.4. The molecule has 2 N–H and O–H groups in total. The normalized spacial score (nSPS) is 23.3. The molecule has 35 heavy (non-hydrogen) atoms. The van der Waals surface area contributed by atoms with Crippen molar-refractivity contribution in [2.45, 2.75) is 63.5 Å². The molecule has 2 unspecified atom stereocenters. The molecule has 5 rings (SSSR count). The summed E-state index contributed by atoms with van der Waals surface area (Å²) in [6, 6.07) is 15.8. The minimum Gasteiger partial charge on any atom is -0.481 e. The first-order chi connectivity index (χ1) is 16.9. The summed E-state index contributed by atoms with van der Waals surface area (Å²) in [6.07, 6.45) is 2.89. The van der Waals surface area contributed by atoms with Crippen LogP contribution in [0.15, 0.2) is 48.5 Å². The second kappa shape index (κ2) is 9.36. The number of carbonyl (C=O) groups is 3. The number of likely N-dealkylation sites (tertiary alicyclic amines) is 1. The summed E-state index contributed by atoms with van der Waals surface area (Å²) in [5.41, 5.74) is 3.85. The van der Waals surface area contributed by atoms with Crippen molar-refractivity contribution in [2.75, 3.05) is 13.2 Å². The number of hydrogen-bond donors (Lipinski definition) is 2. The number of amides is 2. The van der Waals surface area contributed by atoms with E-state index in [1.54, 1.807) is 4.90 Å². The standard InChI is InChI=1S/C28H32N2O5/c1-2-18(16-25(31)30-15-14-28(26(32)33)13-7-12-24(28)30)29-27(34)35-17-23-21-10-5-3-8-19(21)20-9-4-6-11-22(20)23/h3-6,8-11,18,23-24H,2,7,12-17H2,1H3,(H,29,34)(H,32,33)/t18-,24?,28?/m0/s1. The molecule has 7 heteroatoms. The number of nitrogens with one attached hydrogen (secondary N) is 1. The molecular weight excluding hydrogens is 444 g/mol. The minimum atomic E-state index is -0.794. The number of carboxylic acid groups (broad SMARTS) is 1. The highest BCUT2D eigenvalue weighted by molar-refractivity contribution is 5.83. The minimum absolute atomic E-state index is 0.0223. The van der Waals surface area contributed by atoms with E-state index in [4.69, 9.17) is 4.74 Å². The number of alkyl carbamates (subject to hydrolysis) is 1. The lowest BCUT2D eigenvalue weighted by Crippen LogP contribution is -2.45. The van der Waals surface area contributed by atoms with Gasteiger partial charge in [0.2, 0.25) is 5.91 Å². The van der Waals surface area contributed by atoms with Crippen LogP contribution in [0.3, 0.4) is 0 Å². The van der Waals surface area contributed by atoms with Crippen LogP contribution >= 0.6 is 0 Å². The molecule has 0 radical (unpaired) electrons. The predicted octanol–water partition coefficient (Wildman–Crippen LogP) is 4.55. The second-order valence-corrected chi connectivity index (χ2v) is 9.99. The number of fused-ring (bicyclic) bond motifs is 4. The van der Waals surface area contributed by atoms with E-state index in [1.165, 1.54) is 11.1 Å². The zero-order valence-electron chi connectivity index (χ0n) is 20.0. The highest BCUT2D eigenvalue weighted by Crippen LogP contribution is 2.49. The summed E-state index contributed by atoms with van der Waals surface area (Å²) in [5.74, 6) is -0.907. The van der Waals surface area contributed by atoms with Gasteiger partial charge in [-0.15, -0.1) is 0 Å². The first-order valence-electron chi connectivity index (χ1n) is 12.6. The molecule has 2 aromatic rings. The van der Waals surface area contributed by atoms with E-state index >= 15 is 0 Å². The average Bonchev–Trinajstić information content (AvgIpc) is 3.53. The molecule has 2 amide bonds. The smallest absolute Gasteiger partial charge is 0.407 e. The van der Waals surface area contributed by atoms with Gasteiger partial charge < -0.3 is 20.1 Å². The molecule has 1 heterocycles. The van der Waals surface area contributed by atoms with Crippen LogP contribution < -0.4 is 5.32 Å². The van der Waals surface area contributed by atoms with Crippen molar-refractivity contribution in [1.29, 1.82) is 0 Å². The number of carboxylic acids is 1. The number of hydrogen-bond acceptors (Lipinski definition) is 4. The molecule has 1 saturated heterocycles. The Morgan fingerprint density at radius 1 is 1.09 bits per heavy atom. The lowest BCUT2D eigenvalue weighted by molar-refractivity contribution is -0.150. The van der Waals surface area contributed by atoms with Gasteiger partial charge in [-0.3, -0.25) is 9.59 Å². The maximum atomic E-state index is 13.1. The summed E-state index contributed by atoms with van der Waals surface area (Å²) >= 11 is 0. The SMILES string of the molecule is CC[C@@H](CC(=O)N1CCC2(C(=O)O)CCCC12)NC(=O)OCC1c2ccccc2-c2ccccc21. The Morgan fingerprint density at radius 2 is 1.74 bits per heavy atom. The van der Waals surface area contributed by atoms with Gasteiger partial charge >= 0.3 is 12.1 Å². The Bertz CT molecular complexity index is 1100. The van der Waals surface area contributed by atoms with E-state index in [1.807, 2.05) is 31.2 Å². The van der Waals surface area contributed by atoms with Gasteiger partial charge in [0.1, 0.15) is 6.61 Å². The molecule has 7 nitrogen and oxygen atoms in total. The largest absolute Gasteiger partial charge is 0.481 e. The van der Waals surface area contributed by atoms with Gasteiger partial charge in [-0.2, -0.15) is 0 Å². The van der Waals surface area contributed by atoms with Crippen molar-refractivity contribution < 1.29 is 24.2 Å². The third-order valence-electron chi connectivity index (χ3n) is 8.24. The first-order valence-corrected chi connectivity index (χ1v) is 12.6. The number of benzene rings is 2. The van der Waals surface area contributed by atoms with Crippen LogP contribution in [0.25, 0.3) is 11.1 Å². The molecule has 1 aliphatic heterocycles. The van der Waals surface area contributed by atoms with Gasteiger partial charge in [0.15, 0.2) is 0 Å². The molecular formula is C28H32N2O5. The third kappa shape index (κ3) is 4.07. The van der Waals surface area contributed by atoms with Gasteiger partial charge in [-0.05, 0) is 47.9 Å². The number of ether oxygens (including phenoxy) is 1. The summed E-state index contributed by atoms with van der Waals surface area (Å²) in [4.78, 5) is 39.4. The van der Waals surface area contributed by atoms with E-state index in [0.717, 1.165) is 24.0 Å². The van der Waals surface area contributed by atoms with Crippen LogP contribution in [0.5, 0.6) is 0 Å².